The molecule has 4 aromatic rings. The van der Waals surface area contributed by atoms with Crippen LogP contribution in [0.15, 0.2) is 59.3 Å². The van der Waals surface area contributed by atoms with E-state index in [4.69, 9.17) is 16.0 Å². The molecule has 0 saturated heterocycles. The highest BCUT2D eigenvalue weighted by Gasteiger charge is 2.15. The number of benzene rings is 1. The molecular weight excluding hydrogens is 364 g/mol. The molecule has 0 aliphatic rings. The summed E-state index contributed by atoms with van der Waals surface area (Å²) in [6, 6.07) is 13.1. The van der Waals surface area contributed by atoms with Gasteiger partial charge in [-0.15, -0.1) is 0 Å². The number of carbonyl (C=O) groups excluding carboxylic acids is 1. The molecule has 3 heterocycles. The molecule has 7 heteroatoms. The summed E-state index contributed by atoms with van der Waals surface area (Å²) in [4.78, 5) is 22.6. The van der Waals surface area contributed by atoms with Crippen molar-refractivity contribution in [1.82, 2.24) is 19.4 Å². The zero-order valence-corrected chi connectivity index (χ0v) is 15.6. The number of rotatable bonds is 4. The minimum Gasteiger partial charge on any atom is -0.454 e. The summed E-state index contributed by atoms with van der Waals surface area (Å²) >= 11 is 6.28. The molecule has 0 aliphatic heterocycles. The van der Waals surface area contributed by atoms with E-state index in [1.165, 1.54) is 4.90 Å². The number of halogens is 1. The van der Waals surface area contributed by atoms with E-state index >= 15 is 0 Å². The topological polar surface area (TPSA) is 64.2 Å². The summed E-state index contributed by atoms with van der Waals surface area (Å²) in [6.45, 7) is 0.443. The largest absolute Gasteiger partial charge is 0.454 e. The van der Waals surface area contributed by atoms with Crippen LogP contribution >= 0.6 is 11.6 Å². The second-order valence-corrected chi connectivity index (χ2v) is 6.76. The van der Waals surface area contributed by atoms with Crippen LogP contribution < -0.4 is 0 Å². The summed E-state index contributed by atoms with van der Waals surface area (Å²) in [7, 11) is 3.38. The number of aromatic nitrogens is 3. The van der Waals surface area contributed by atoms with E-state index in [2.05, 4.69) is 9.97 Å². The van der Waals surface area contributed by atoms with E-state index < -0.39 is 0 Å². The van der Waals surface area contributed by atoms with Crippen LogP contribution in [0, 0.1) is 0 Å². The van der Waals surface area contributed by atoms with Crippen LogP contribution in [0.2, 0.25) is 5.02 Å². The second kappa shape index (κ2) is 6.89. The third kappa shape index (κ3) is 3.31. The molecule has 1 aromatic carbocycles. The second-order valence-electron chi connectivity index (χ2n) is 6.35. The Bertz CT molecular complexity index is 1130. The van der Waals surface area contributed by atoms with Crippen molar-refractivity contribution in [3.05, 3.63) is 71.4 Å². The number of furan rings is 1. The minimum absolute atomic E-state index is 0.169. The molecule has 0 atom stereocenters. The first-order chi connectivity index (χ1) is 13.0. The molecule has 6 nitrogen and oxygen atoms in total. The average molecular weight is 381 g/mol. The highest BCUT2D eigenvalue weighted by atomic mass is 35.5. The predicted molar refractivity (Wildman–Crippen MR) is 104 cm³/mol. The van der Waals surface area contributed by atoms with Gasteiger partial charge < -0.3 is 13.9 Å². The number of nitrogens with zero attached hydrogens (tertiary/aromatic N) is 4. The first-order valence-electron chi connectivity index (χ1n) is 8.40. The Kier molecular flexibility index (Phi) is 4.41. The monoisotopic (exact) mass is 380 g/mol. The van der Waals surface area contributed by atoms with E-state index in [9.17, 15) is 4.79 Å². The van der Waals surface area contributed by atoms with Gasteiger partial charge in [0.05, 0.1) is 17.1 Å². The van der Waals surface area contributed by atoms with Crippen LogP contribution in [-0.4, -0.2) is 39.4 Å². The van der Waals surface area contributed by atoms with E-state index in [0.717, 1.165) is 16.6 Å². The van der Waals surface area contributed by atoms with Crippen molar-refractivity contribution in [1.29, 1.82) is 0 Å². The lowest BCUT2D eigenvalue weighted by Gasteiger charge is -2.08. The molecule has 27 heavy (non-hydrogen) atoms. The summed E-state index contributed by atoms with van der Waals surface area (Å²) in [6.07, 6.45) is 3.56. The van der Waals surface area contributed by atoms with Gasteiger partial charge in [-0.1, -0.05) is 29.8 Å². The molecule has 0 radical (unpaired) electrons. The summed E-state index contributed by atoms with van der Waals surface area (Å²) in [5, 5.41) is 1.58. The Morgan fingerprint density at radius 3 is 2.85 bits per heavy atom. The number of hydrogen-bond donors (Lipinski definition) is 0. The maximum absolute atomic E-state index is 12.0. The van der Waals surface area contributed by atoms with E-state index in [1.54, 1.807) is 32.4 Å². The lowest BCUT2D eigenvalue weighted by atomic mass is 10.2. The van der Waals surface area contributed by atoms with E-state index in [1.807, 2.05) is 41.1 Å². The van der Waals surface area contributed by atoms with E-state index in [-0.39, 0.29) is 5.91 Å². The molecule has 0 aliphatic carbocycles. The van der Waals surface area contributed by atoms with Gasteiger partial charge in [-0.05, 0) is 24.3 Å². The van der Waals surface area contributed by atoms with Crippen molar-refractivity contribution >= 4 is 28.4 Å². The Morgan fingerprint density at radius 2 is 2.04 bits per heavy atom. The maximum Gasteiger partial charge on any atom is 0.289 e. The first-order valence-corrected chi connectivity index (χ1v) is 8.78. The molecule has 4 rings (SSSR count). The zero-order valence-electron chi connectivity index (χ0n) is 14.9. The average Bonchev–Trinajstić information content (AvgIpc) is 3.31. The van der Waals surface area contributed by atoms with Gasteiger partial charge in [0, 0.05) is 31.9 Å². The fraction of sp³-hybridized carbons (Fsp3) is 0.150. The minimum atomic E-state index is -0.169. The summed E-state index contributed by atoms with van der Waals surface area (Å²) in [5.74, 6) is 1.51. The normalized spacial score (nSPS) is 11.1. The third-order valence-electron chi connectivity index (χ3n) is 4.22. The predicted octanol–water partition coefficient (Wildman–Crippen LogP) is 4.09. The van der Waals surface area contributed by atoms with Gasteiger partial charge >= 0.3 is 0 Å². The smallest absolute Gasteiger partial charge is 0.289 e. The molecule has 0 N–H and O–H groups in total. The highest BCUT2D eigenvalue weighted by Crippen LogP contribution is 2.25. The zero-order chi connectivity index (χ0) is 19.0. The number of fused-ring (bicyclic) bond motifs is 1. The maximum atomic E-state index is 12.0. The van der Waals surface area contributed by atoms with Gasteiger partial charge in [0.25, 0.3) is 5.91 Å². The lowest BCUT2D eigenvalue weighted by Crippen LogP contribution is -2.20. The number of carbonyl (C=O) groups is 1. The van der Waals surface area contributed by atoms with Crippen LogP contribution in [0.1, 0.15) is 16.3 Å². The molecule has 3 aromatic heterocycles. The van der Waals surface area contributed by atoms with E-state index in [0.29, 0.717) is 28.9 Å². The number of pyridine rings is 1. The Balaban J connectivity index is 1.66. The molecular formula is C20H17ClN4O2. The molecule has 0 bridgehead atoms. The van der Waals surface area contributed by atoms with Crippen molar-refractivity contribution in [3.8, 4) is 11.5 Å². The lowest BCUT2D eigenvalue weighted by molar-refractivity contribution is 0.0794. The summed E-state index contributed by atoms with van der Waals surface area (Å²) < 4.78 is 7.60. The van der Waals surface area contributed by atoms with Crippen molar-refractivity contribution in [3.63, 3.8) is 0 Å². The third-order valence-corrected chi connectivity index (χ3v) is 4.53. The number of imidazole rings is 1. The summed E-state index contributed by atoms with van der Waals surface area (Å²) in [5.41, 5.74) is 1.46. The molecule has 0 unspecified atom stereocenters. The van der Waals surface area contributed by atoms with Gasteiger partial charge in [-0.25, -0.2) is 9.97 Å². The molecule has 0 fully saturated rings. The van der Waals surface area contributed by atoms with Gasteiger partial charge in [0.1, 0.15) is 11.5 Å². The number of para-hydroxylation sites is 1. The SMILES string of the molecule is CN(C)C(=O)c1ccc(Cn2ccnc2-c2ccc3cccc(Cl)c3n2)o1. The number of hydrogen-bond acceptors (Lipinski definition) is 4. The fourth-order valence-corrected chi connectivity index (χ4v) is 3.10. The molecule has 136 valence electrons. The van der Waals surface area contributed by atoms with Gasteiger partial charge in [-0.2, -0.15) is 0 Å². The molecule has 0 spiro atoms. The van der Waals surface area contributed by atoms with Crippen LogP contribution in [-0.2, 0) is 6.54 Å². The Morgan fingerprint density at radius 1 is 1.19 bits per heavy atom. The fourth-order valence-electron chi connectivity index (χ4n) is 2.87. The van der Waals surface area contributed by atoms with Crippen LogP contribution in [0.3, 0.4) is 0 Å². The quantitative estimate of drug-likeness (QED) is 0.534. The van der Waals surface area contributed by atoms with Gasteiger partial charge in [-0.3, -0.25) is 4.79 Å². The highest BCUT2D eigenvalue weighted by molar-refractivity contribution is 6.35. The standard InChI is InChI=1S/C20H17ClN4O2/c1-24(2)20(26)17-9-7-14(27-17)12-25-11-10-22-19(25)16-8-6-13-4-3-5-15(21)18(13)23-16/h3-11H,12H2,1-2H3. The van der Waals surface area contributed by atoms with Crippen molar-refractivity contribution < 1.29 is 9.21 Å². The van der Waals surface area contributed by atoms with Crippen LogP contribution in [0.4, 0.5) is 0 Å². The molecule has 0 saturated carbocycles. The van der Waals surface area contributed by atoms with Gasteiger partial charge in [0.15, 0.2) is 11.6 Å². The van der Waals surface area contributed by atoms with Crippen LogP contribution in [0.25, 0.3) is 22.4 Å². The van der Waals surface area contributed by atoms with Crippen molar-refractivity contribution in [2.45, 2.75) is 6.54 Å². The first kappa shape index (κ1) is 17.3. The van der Waals surface area contributed by atoms with Gasteiger partial charge in [0.2, 0.25) is 0 Å². The van der Waals surface area contributed by atoms with Crippen LogP contribution in [0.5, 0.6) is 0 Å². The Labute approximate surface area is 161 Å². The Hall–Kier alpha value is -3.12. The van der Waals surface area contributed by atoms with Crippen molar-refractivity contribution in [2.75, 3.05) is 14.1 Å². The number of amides is 1. The molecule has 1 amide bonds. The van der Waals surface area contributed by atoms with Crippen molar-refractivity contribution in [2.24, 2.45) is 0 Å².